The quantitative estimate of drug-likeness (QED) is 0.840. The second-order valence-electron chi connectivity index (χ2n) is 6.08. The second-order valence-corrected chi connectivity index (χ2v) is 7.17. The highest BCUT2D eigenvalue weighted by atomic mass is 32.1. The maximum atomic E-state index is 12.2. The van der Waals surface area contributed by atoms with Crippen LogP contribution in [0, 0.1) is 29.6 Å². The van der Waals surface area contributed by atoms with Gasteiger partial charge in [-0.2, -0.15) is 0 Å². The first kappa shape index (κ1) is 14.6. The van der Waals surface area contributed by atoms with Crippen LogP contribution in [-0.4, -0.2) is 24.2 Å². The number of hydrogen-bond acceptors (Lipinski definition) is 3. The molecule has 0 spiro atoms. The molecule has 3 atom stereocenters. The third-order valence-corrected chi connectivity index (χ3v) is 5.69. The Morgan fingerprint density at radius 1 is 1.38 bits per heavy atom. The van der Waals surface area contributed by atoms with Gasteiger partial charge < -0.3 is 10.4 Å². The van der Waals surface area contributed by atoms with Crippen LogP contribution in [0.4, 0.5) is 0 Å². The molecule has 1 aromatic heterocycles. The van der Waals surface area contributed by atoms with Crippen LogP contribution in [0.1, 0.15) is 46.7 Å². The summed E-state index contributed by atoms with van der Waals surface area (Å²) in [5.41, 5.74) is 0. The predicted molar refractivity (Wildman–Crippen MR) is 84.2 cm³/mol. The standard InChI is InChI=1S/C17H21NO2S/c19-8-2-1-3-15-6-7-16(21-15)17(20)18-11-14-10-12-4-5-13(14)9-12/h6-7,12-14,19H,2,4-5,8-11H2,(H,18,20). The van der Waals surface area contributed by atoms with Crippen LogP contribution in [0.5, 0.6) is 0 Å². The molecule has 112 valence electrons. The minimum absolute atomic E-state index is 0.0259. The van der Waals surface area contributed by atoms with Gasteiger partial charge in [0.15, 0.2) is 0 Å². The molecular formula is C17H21NO2S. The molecule has 0 radical (unpaired) electrons. The van der Waals surface area contributed by atoms with Crippen LogP contribution < -0.4 is 5.32 Å². The summed E-state index contributed by atoms with van der Waals surface area (Å²) in [6, 6.07) is 3.71. The van der Waals surface area contributed by atoms with Gasteiger partial charge in [-0.1, -0.05) is 18.3 Å². The van der Waals surface area contributed by atoms with Gasteiger partial charge >= 0.3 is 0 Å². The topological polar surface area (TPSA) is 49.3 Å². The fraction of sp³-hybridized carbons (Fsp3) is 0.588. The summed E-state index contributed by atoms with van der Waals surface area (Å²) in [4.78, 5) is 13.8. The van der Waals surface area contributed by atoms with Crippen LogP contribution >= 0.6 is 11.3 Å². The first-order valence-corrected chi connectivity index (χ1v) is 8.55. The largest absolute Gasteiger partial charge is 0.395 e. The SMILES string of the molecule is O=C(NCC1CC2CCC1C2)c1ccc(C#CCCO)s1. The average Bonchev–Trinajstić information content (AvgIpc) is 3.21. The summed E-state index contributed by atoms with van der Waals surface area (Å²) in [6.45, 7) is 0.901. The molecule has 0 aromatic carbocycles. The average molecular weight is 303 g/mol. The van der Waals surface area contributed by atoms with E-state index < -0.39 is 0 Å². The molecule has 1 amide bonds. The summed E-state index contributed by atoms with van der Waals surface area (Å²) < 4.78 is 0. The van der Waals surface area contributed by atoms with E-state index in [1.54, 1.807) is 0 Å². The molecule has 0 saturated heterocycles. The zero-order valence-electron chi connectivity index (χ0n) is 12.1. The molecule has 2 N–H and O–H groups in total. The molecule has 2 aliphatic rings. The van der Waals surface area contributed by atoms with E-state index >= 15 is 0 Å². The number of aliphatic hydroxyl groups excluding tert-OH is 1. The van der Waals surface area contributed by atoms with Crippen LogP contribution in [0.15, 0.2) is 12.1 Å². The Morgan fingerprint density at radius 2 is 2.29 bits per heavy atom. The predicted octanol–water partition coefficient (Wildman–Crippen LogP) is 2.65. The van der Waals surface area contributed by atoms with Gasteiger partial charge in [0.2, 0.25) is 0 Å². The lowest BCUT2D eigenvalue weighted by molar-refractivity contribution is 0.0946. The Bertz CT molecular complexity index is 569. The number of hydrogen-bond donors (Lipinski definition) is 2. The fourth-order valence-electron chi connectivity index (χ4n) is 3.67. The maximum absolute atomic E-state index is 12.2. The number of thiophene rings is 1. The van der Waals surface area contributed by atoms with Crippen molar-refractivity contribution in [1.29, 1.82) is 0 Å². The number of amides is 1. The number of carbonyl (C=O) groups excluding carboxylic acids is 1. The summed E-state index contributed by atoms with van der Waals surface area (Å²) in [5, 5.41) is 11.8. The Hall–Kier alpha value is -1.31. The highest BCUT2D eigenvalue weighted by molar-refractivity contribution is 7.14. The van der Waals surface area contributed by atoms with Gasteiger partial charge in [-0.3, -0.25) is 4.79 Å². The summed E-state index contributed by atoms with van der Waals surface area (Å²) in [7, 11) is 0. The second kappa shape index (κ2) is 6.64. The van der Waals surface area contributed by atoms with Gasteiger partial charge in [0.05, 0.1) is 16.4 Å². The number of aliphatic hydroxyl groups is 1. The van der Waals surface area contributed by atoms with Gasteiger partial charge in [0.1, 0.15) is 0 Å². The van der Waals surface area contributed by atoms with Gasteiger partial charge in [-0.15, -0.1) is 11.3 Å². The minimum Gasteiger partial charge on any atom is -0.395 e. The molecular weight excluding hydrogens is 282 g/mol. The van der Waals surface area contributed by atoms with Crippen molar-refractivity contribution in [2.45, 2.75) is 32.1 Å². The third-order valence-electron chi connectivity index (χ3n) is 4.69. The monoisotopic (exact) mass is 303 g/mol. The normalized spacial score (nSPS) is 26.4. The van der Waals surface area contributed by atoms with E-state index in [1.165, 1.54) is 37.0 Å². The van der Waals surface area contributed by atoms with E-state index in [4.69, 9.17) is 5.11 Å². The Morgan fingerprint density at radius 3 is 3.00 bits per heavy atom. The summed E-state index contributed by atoms with van der Waals surface area (Å²) in [6.07, 6.45) is 5.91. The van der Waals surface area contributed by atoms with Crippen molar-refractivity contribution in [3.63, 3.8) is 0 Å². The van der Waals surface area contributed by atoms with Crippen LogP contribution in [-0.2, 0) is 0 Å². The first-order chi connectivity index (χ1) is 10.3. The van der Waals surface area contributed by atoms with Crippen LogP contribution in [0.3, 0.4) is 0 Å². The van der Waals surface area contributed by atoms with E-state index in [-0.39, 0.29) is 12.5 Å². The zero-order chi connectivity index (χ0) is 14.7. The lowest BCUT2D eigenvalue weighted by Gasteiger charge is -2.21. The van der Waals surface area contributed by atoms with E-state index in [0.29, 0.717) is 12.3 Å². The van der Waals surface area contributed by atoms with Crippen molar-refractivity contribution in [3.05, 3.63) is 21.9 Å². The van der Waals surface area contributed by atoms with Gasteiger partial charge in [0, 0.05) is 13.0 Å². The third kappa shape index (κ3) is 3.48. The summed E-state index contributed by atoms with van der Waals surface area (Å²) in [5.74, 6) is 8.33. The maximum Gasteiger partial charge on any atom is 0.261 e. The molecule has 1 aromatic rings. The molecule has 3 unspecified atom stereocenters. The van der Waals surface area contributed by atoms with Crippen molar-refractivity contribution < 1.29 is 9.90 Å². The molecule has 0 aliphatic heterocycles. The van der Waals surface area contributed by atoms with E-state index in [9.17, 15) is 4.79 Å². The molecule has 2 saturated carbocycles. The lowest BCUT2D eigenvalue weighted by Crippen LogP contribution is -2.31. The number of carbonyl (C=O) groups is 1. The molecule has 3 rings (SSSR count). The Labute approximate surface area is 129 Å². The highest BCUT2D eigenvalue weighted by Crippen LogP contribution is 2.47. The number of rotatable bonds is 4. The van der Waals surface area contributed by atoms with Crippen LogP contribution in [0.2, 0.25) is 0 Å². The van der Waals surface area contributed by atoms with E-state index in [2.05, 4.69) is 17.2 Å². The number of fused-ring (bicyclic) bond motifs is 2. The molecule has 21 heavy (non-hydrogen) atoms. The van der Waals surface area contributed by atoms with Crippen molar-refractivity contribution in [3.8, 4) is 11.8 Å². The highest BCUT2D eigenvalue weighted by Gasteiger charge is 2.39. The lowest BCUT2D eigenvalue weighted by atomic mass is 9.89. The van der Waals surface area contributed by atoms with Crippen LogP contribution in [0.25, 0.3) is 0 Å². The molecule has 2 aliphatic carbocycles. The van der Waals surface area contributed by atoms with Gasteiger partial charge in [-0.25, -0.2) is 0 Å². The van der Waals surface area contributed by atoms with Crippen molar-refractivity contribution in [2.75, 3.05) is 13.2 Å². The molecule has 3 nitrogen and oxygen atoms in total. The van der Waals surface area contributed by atoms with Gasteiger partial charge in [0.25, 0.3) is 5.91 Å². The van der Waals surface area contributed by atoms with Crippen molar-refractivity contribution in [2.24, 2.45) is 17.8 Å². The van der Waals surface area contributed by atoms with E-state index in [0.717, 1.165) is 28.1 Å². The Kier molecular flexibility index (Phi) is 4.62. The fourth-order valence-corrected chi connectivity index (χ4v) is 4.47. The van der Waals surface area contributed by atoms with E-state index in [1.807, 2.05) is 12.1 Å². The molecule has 1 heterocycles. The first-order valence-electron chi connectivity index (χ1n) is 7.74. The van der Waals surface area contributed by atoms with Gasteiger partial charge in [-0.05, 0) is 49.1 Å². The smallest absolute Gasteiger partial charge is 0.261 e. The van der Waals surface area contributed by atoms with Crippen molar-refractivity contribution >= 4 is 17.2 Å². The van der Waals surface area contributed by atoms with Crippen molar-refractivity contribution in [1.82, 2.24) is 5.32 Å². The number of nitrogens with one attached hydrogen (secondary N) is 1. The molecule has 2 fully saturated rings. The zero-order valence-corrected chi connectivity index (χ0v) is 12.9. The summed E-state index contributed by atoms with van der Waals surface area (Å²) >= 11 is 1.42. The molecule has 4 heteroatoms. The molecule has 2 bridgehead atoms. The minimum atomic E-state index is 0.0259. The Balaban J connectivity index is 1.50.